The predicted octanol–water partition coefficient (Wildman–Crippen LogP) is 2.43. The van der Waals surface area contributed by atoms with Crippen LogP contribution in [-0.2, 0) is 10.0 Å². The van der Waals surface area contributed by atoms with Crippen molar-refractivity contribution < 1.29 is 13.5 Å². The zero-order chi connectivity index (χ0) is 17.1. The Balaban J connectivity index is 1.71. The molecule has 3 heterocycles. The topological polar surface area (TPSA) is 86.3 Å². The van der Waals surface area contributed by atoms with Crippen molar-refractivity contribution in [3.63, 3.8) is 0 Å². The van der Waals surface area contributed by atoms with Crippen LogP contribution >= 0.6 is 11.3 Å². The average Bonchev–Trinajstić information content (AvgIpc) is 2.96. The van der Waals surface area contributed by atoms with Crippen molar-refractivity contribution in [1.29, 1.82) is 0 Å². The highest BCUT2D eigenvalue weighted by atomic mass is 32.2. The molecule has 2 aliphatic rings. The van der Waals surface area contributed by atoms with Gasteiger partial charge in [-0.1, -0.05) is 0 Å². The van der Waals surface area contributed by atoms with E-state index in [1.54, 1.807) is 6.07 Å². The molecule has 0 spiro atoms. The lowest BCUT2D eigenvalue weighted by Gasteiger charge is -2.27. The molecule has 130 valence electrons. The number of nitrogens with zero attached hydrogens (tertiary/aromatic N) is 2. The van der Waals surface area contributed by atoms with Crippen molar-refractivity contribution in [2.24, 2.45) is 0 Å². The van der Waals surface area contributed by atoms with Crippen LogP contribution in [0.25, 0.3) is 10.6 Å². The molecule has 2 aromatic heterocycles. The van der Waals surface area contributed by atoms with Crippen LogP contribution in [-0.4, -0.2) is 46.2 Å². The SMILES string of the molecule is Cc1cc(-c2cc(S(=O)(=O)N3CCCC3C3(O)CC3)c(C)s2)n[nH]1. The molecule has 2 N–H and O–H groups in total. The first-order chi connectivity index (χ1) is 11.3. The molecule has 8 heteroatoms. The second kappa shape index (κ2) is 5.39. The summed E-state index contributed by atoms with van der Waals surface area (Å²) in [4.78, 5) is 1.95. The van der Waals surface area contributed by atoms with Gasteiger partial charge in [-0.15, -0.1) is 11.3 Å². The molecule has 24 heavy (non-hydrogen) atoms. The van der Waals surface area contributed by atoms with Gasteiger partial charge < -0.3 is 5.11 Å². The van der Waals surface area contributed by atoms with E-state index >= 15 is 0 Å². The van der Waals surface area contributed by atoms with Crippen LogP contribution in [0.4, 0.5) is 0 Å². The van der Waals surface area contributed by atoms with Gasteiger partial charge in [0.2, 0.25) is 10.0 Å². The summed E-state index contributed by atoms with van der Waals surface area (Å²) in [5.74, 6) is 0. The number of hydrogen-bond donors (Lipinski definition) is 2. The maximum absolute atomic E-state index is 13.2. The fourth-order valence-electron chi connectivity index (χ4n) is 3.54. The summed E-state index contributed by atoms with van der Waals surface area (Å²) in [6, 6.07) is 3.35. The minimum Gasteiger partial charge on any atom is -0.388 e. The third-order valence-electron chi connectivity index (χ3n) is 5.00. The fraction of sp³-hybridized carbons (Fsp3) is 0.562. The maximum Gasteiger partial charge on any atom is 0.244 e. The molecule has 1 aliphatic carbocycles. The first kappa shape index (κ1) is 16.3. The van der Waals surface area contributed by atoms with Gasteiger partial charge in [-0.25, -0.2) is 8.42 Å². The van der Waals surface area contributed by atoms with E-state index in [2.05, 4.69) is 10.2 Å². The van der Waals surface area contributed by atoms with Crippen LogP contribution in [0.1, 0.15) is 36.3 Å². The predicted molar refractivity (Wildman–Crippen MR) is 92.5 cm³/mol. The summed E-state index contributed by atoms with van der Waals surface area (Å²) in [5, 5.41) is 17.6. The van der Waals surface area contributed by atoms with E-state index < -0.39 is 15.6 Å². The van der Waals surface area contributed by atoms with Crippen LogP contribution in [0, 0.1) is 13.8 Å². The summed E-state index contributed by atoms with van der Waals surface area (Å²) in [6.07, 6.45) is 2.94. The molecule has 4 rings (SSSR count). The zero-order valence-corrected chi connectivity index (χ0v) is 15.4. The molecule has 2 fully saturated rings. The summed E-state index contributed by atoms with van der Waals surface area (Å²) in [7, 11) is -3.60. The van der Waals surface area contributed by atoms with E-state index in [-0.39, 0.29) is 6.04 Å². The lowest BCUT2D eigenvalue weighted by atomic mass is 10.1. The van der Waals surface area contributed by atoms with Crippen LogP contribution in [0.3, 0.4) is 0 Å². The van der Waals surface area contributed by atoms with Gasteiger partial charge in [-0.05, 0) is 51.7 Å². The minimum atomic E-state index is -3.60. The van der Waals surface area contributed by atoms with Crippen LogP contribution < -0.4 is 0 Å². The Morgan fingerprint density at radius 3 is 2.75 bits per heavy atom. The monoisotopic (exact) mass is 367 g/mol. The van der Waals surface area contributed by atoms with E-state index in [1.807, 2.05) is 19.9 Å². The second-order valence-corrected chi connectivity index (χ2v) is 9.96. The smallest absolute Gasteiger partial charge is 0.244 e. The maximum atomic E-state index is 13.2. The first-order valence-corrected chi connectivity index (χ1v) is 10.4. The number of hydrogen-bond acceptors (Lipinski definition) is 5. The number of rotatable bonds is 4. The van der Waals surface area contributed by atoms with Gasteiger partial charge in [0, 0.05) is 17.1 Å². The number of nitrogens with one attached hydrogen (secondary N) is 1. The van der Waals surface area contributed by atoms with Gasteiger partial charge in [-0.3, -0.25) is 5.10 Å². The minimum absolute atomic E-state index is 0.280. The Labute approximate surface area is 145 Å². The van der Waals surface area contributed by atoms with Crippen molar-refractivity contribution in [2.45, 2.75) is 56.1 Å². The lowest BCUT2D eigenvalue weighted by Crippen LogP contribution is -2.44. The molecule has 0 amide bonds. The molecule has 1 saturated carbocycles. The Bertz CT molecular complexity index is 880. The van der Waals surface area contributed by atoms with Crippen molar-refractivity contribution in [3.8, 4) is 10.6 Å². The summed E-state index contributed by atoms with van der Waals surface area (Å²) >= 11 is 1.44. The van der Waals surface area contributed by atoms with Gasteiger partial charge in [-0.2, -0.15) is 9.40 Å². The van der Waals surface area contributed by atoms with Gasteiger partial charge in [0.1, 0.15) is 5.69 Å². The summed E-state index contributed by atoms with van der Waals surface area (Å²) in [6.45, 7) is 4.23. The number of thiophene rings is 1. The third kappa shape index (κ3) is 2.52. The van der Waals surface area contributed by atoms with Gasteiger partial charge in [0.15, 0.2) is 0 Å². The molecule has 1 aliphatic heterocycles. The molecule has 0 bridgehead atoms. The van der Waals surface area contributed by atoms with E-state index in [4.69, 9.17) is 0 Å². The number of H-pyrrole nitrogens is 1. The van der Waals surface area contributed by atoms with Gasteiger partial charge >= 0.3 is 0 Å². The first-order valence-electron chi connectivity index (χ1n) is 8.18. The second-order valence-electron chi connectivity index (χ2n) is 6.84. The van der Waals surface area contributed by atoms with Crippen LogP contribution in [0.5, 0.6) is 0 Å². The quantitative estimate of drug-likeness (QED) is 0.869. The number of aryl methyl sites for hydroxylation is 2. The number of aliphatic hydroxyl groups is 1. The van der Waals surface area contributed by atoms with E-state index in [9.17, 15) is 13.5 Å². The molecule has 0 radical (unpaired) electrons. The molecular weight excluding hydrogens is 346 g/mol. The van der Waals surface area contributed by atoms with Crippen molar-refractivity contribution >= 4 is 21.4 Å². The number of sulfonamides is 1. The molecule has 1 atom stereocenters. The molecular formula is C16H21N3O3S2. The van der Waals surface area contributed by atoms with E-state index in [0.717, 1.165) is 34.0 Å². The Hall–Kier alpha value is -1.22. The highest BCUT2D eigenvalue weighted by Gasteiger charge is 2.54. The molecule has 0 aromatic carbocycles. The lowest BCUT2D eigenvalue weighted by molar-refractivity contribution is 0.0826. The number of aromatic nitrogens is 2. The van der Waals surface area contributed by atoms with Crippen molar-refractivity contribution in [1.82, 2.24) is 14.5 Å². The fourth-order valence-corrected chi connectivity index (χ4v) is 6.82. The van der Waals surface area contributed by atoms with Gasteiger partial charge in [0.25, 0.3) is 0 Å². The van der Waals surface area contributed by atoms with Crippen molar-refractivity contribution in [2.75, 3.05) is 6.54 Å². The Morgan fingerprint density at radius 1 is 1.38 bits per heavy atom. The standard InChI is InChI=1S/C16H21N3O3S2/c1-10-8-12(18-17-10)13-9-14(11(2)23-13)24(21,22)19-7-3-4-15(19)16(20)5-6-16/h8-9,15,20H,3-7H2,1-2H3,(H,17,18). The Kier molecular flexibility index (Phi) is 3.65. The summed E-state index contributed by atoms with van der Waals surface area (Å²) in [5.41, 5.74) is 0.896. The highest BCUT2D eigenvalue weighted by Crippen LogP contribution is 2.47. The molecule has 6 nitrogen and oxygen atoms in total. The Morgan fingerprint density at radius 2 is 2.12 bits per heavy atom. The normalized spacial score (nSPS) is 23.7. The van der Waals surface area contributed by atoms with Crippen LogP contribution in [0.2, 0.25) is 0 Å². The highest BCUT2D eigenvalue weighted by molar-refractivity contribution is 7.89. The average molecular weight is 367 g/mol. The van der Waals surface area contributed by atoms with E-state index in [1.165, 1.54) is 15.6 Å². The molecule has 1 saturated heterocycles. The number of aromatic amines is 1. The van der Waals surface area contributed by atoms with Gasteiger partial charge in [0.05, 0.1) is 21.4 Å². The summed E-state index contributed by atoms with van der Waals surface area (Å²) < 4.78 is 27.9. The molecule has 2 aromatic rings. The molecule has 1 unspecified atom stereocenters. The van der Waals surface area contributed by atoms with Crippen molar-refractivity contribution in [3.05, 3.63) is 22.7 Å². The van der Waals surface area contributed by atoms with E-state index in [0.29, 0.717) is 24.3 Å². The van der Waals surface area contributed by atoms with Crippen LogP contribution in [0.15, 0.2) is 17.0 Å². The largest absolute Gasteiger partial charge is 0.388 e. The third-order valence-corrected chi connectivity index (χ3v) is 8.24. The zero-order valence-electron chi connectivity index (χ0n) is 13.7.